The molecule has 0 unspecified atom stereocenters. The first-order valence-corrected chi connectivity index (χ1v) is 8.16. The lowest BCUT2D eigenvalue weighted by molar-refractivity contribution is -0.144. The molecule has 0 radical (unpaired) electrons. The Morgan fingerprint density at radius 2 is 2.16 bits per heavy atom. The number of aromatic nitrogens is 2. The van der Waals surface area contributed by atoms with Gasteiger partial charge in [0.2, 0.25) is 0 Å². The van der Waals surface area contributed by atoms with Crippen LogP contribution in [-0.2, 0) is 22.6 Å². The smallest absolute Gasteiger partial charge is 0.310 e. The summed E-state index contributed by atoms with van der Waals surface area (Å²) in [6, 6.07) is 9.91. The first kappa shape index (κ1) is 15.4. The van der Waals surface area contributed by atoms with Gasteiger partial charge in [0.1, 0.15) is 17.8 Å². The van der Waals surface area contributed by atoms with Crippen molar-refractivity contribution in [1.29, 1.82) is 0 Å². The Morgan fingerprint density at radius 1 is 1.28 bits per heavy atom. The number of ether oxygens (including phenoxy) is 1. The minimum Gasteiger partial charge on any atom is -0.464 e. The van der Waals surface area contributed by atoms with Gasteiger partial charge >= 0.3 is 5.97 Å². The first-order chi connectivity index (χ1) is 12.1. The normalized spacial score (nSPS) is 11.3. The van der Waals surface area contributed by atoms with Crippen LogP contribution >= 0.6 is 0 Å². The van der Waals surface area contributed by atoms with Gasteiger partial charge in [-0.1, -0.05) is 18.2 Å². The van der Waals surface area contributed by atoms with E-state index in [0.717, 1.165) is 39.0 Å². The average molecular weight is 334 g/mol. The molecule has 0 aliphatic rings. The quantitative estimate of drug-likeness (QED) is 0.530. The molecule has 0 saturated carbocycles. The Kier molecular flexibility index (Phi) is 3.76. The Bertz CT molecular complexity index is 1080. The Labute approximate surface area is 144 Å². The second-order valence-electron chi connectivity index (χ2n) is 6.25. The summed E-state index contributed by atoms with van der Waals surface area (Å²) in [6.45, 7) is 4.17. The van der Waals surface area contributed by atoms with Crippen molar-refractivity contribution >= 4 is 22.6 Å². The summed E-state index contributed by atoms with van der Waals surface area (Å²) in [5, 5.41) is 0.950. The van der Waals surface area contributed by atoms with E-state index in [-0.39, 0.29) is 19.0 Å². The number of carbonyl (C=O) groups excluding carboxylic acids is 1. The molecule has 25 heavy (non-hydrogen) atoms. The van der Waals surface area contributed by atoms with Crippen LogP contribution in [0, 0.1) is 13.8 Å². The first-order valence-electron chi connectivity index (χ1n) is 8.16. The monoisotopic (exact) mass is 334 g/mol. The Morgan fingerprint density at radius 3 is 3.00 bits per heavy atom. The molecule has 0 aliphatic carbocycles. The van der Waals surface area contributed by atoms with Crippen LogP contribution in [0.2, 0.25) is 0 Å². The van der Waals surface area contributed by atoms with E-state index in [0.29, 0.717) is 0 Å². The topological polar surface area (TPSA) is 56.7 Å². The van der Waals surface area contributed by atoms with Crippen LogP contribution in [0.3, 0.4) is 0 Å². The summed E-state index contributed by atoms with van der Waals surface area (Å²) in [6.07, 6.45) is 5.62. The molecule has 0 fully saturated rings. The van der Waals surface area contributed by atoms with E-state index in [1.807, 2.05) is 61.0 Å². The third-order valence-electron chi connectivity index (χ3n) is 4.25. The number of hydrogen-bond acceptors (Lipinski definition) is 4. The molecule has 0 saturated heterocycles. The molecular formula is C20H18N2O3. The van der Waals surface area contributed by atoms with E-state index in [2.05, 4.69) is 4.98 Å². The number of fused-ring (bicyclic) bond motifs is 2. The van der Waals surface area contributed by atoms with E-state index in [1.54, 1.807) is 6.26 Å². The maximum Gasteiger partial charge on any atom is 0.310 e. The Hall–Kier alpha value is -3.08. The van der Waals surface area contributed by atoms with Gasteiger partial charge in [-0.2, -0.15) is 0 Å². The number of rotatable bonds is 4. The van der Waals surface area contributed by atoms with Gasteiger partial charge in [-0.25, -0.2) is 4.98 Å². The highest BCUT2D eigenvalue weighted by Gasteiger charge is 2.13. The molecule has 0 N–H and O–H groups in total. The maximum atomic E-state index is 12.2. The van der Waals surface area contributed by atoms with Crippen molar-refractivity contribution in [3.05, 3.63) is 71.4 Å². The molecule has 0 bridgehead atoms. The van der Waals surface area contributed by atoms with Gasteiger partial charge in [-0.15, -0.1) is 0 Å². The average Bonchev–Trinajstić information content (AvgIpc) is 3.18. The summed E-state index contributed by atoms with van der Waals surface area (Å²) in [5.41, 5.74) is 5.45. The summed E-state index contributed by atoms with van der Waals surface area (Å²) in [5.74, 6) is -0.294. The number of benzene rings is 1. The van der Waals surface area contributed by atoms with Crippen molar-refractivity contribution in [1.82, 2.24) is 9.38 Å². The number of esters is 1. The van der Waals surface area contributed by atoms with Gasteiger partial charge in [-0.3, -0.25) is 4.79 Å². The zero-order chi connectivity index (χ0) is 17.4. The lowest BCUT2D eigenvalue weighted by Crippen LogP contribution is -2.07. The molecule has 1 aromatic carbocycles. The van der Waals surface area contributed by atoms with Gasteiger partial charge in [0, 0.05) is 23.3 Å². The minimum atomic E-state index is -0.294. The number of furan rings is 1. The summed E-state index contributed by atoms with van der Waals surface area (Å²) >= 11 is 0. The van der Waals surface area contributed by atoms with Crippen LogP contribution in [-0.4, -0.2) is 15.4 Å². The predicted octanol–water partition coefficient (Wildman–Crippen LogP) is 3.98. The van der Waals surface area contributed by atoms with Crippen molar-refractivity contribution in [2.24, 2.45) is 0 Å². The molecule has 4 aromatic rings. The van der Waals surface area contributed by atoms with E-state index >= 15 is 0 Å². The second-order valence-corrected chi connectivity index (χ2v) is 6.25. The number of nitrogens with zero attached hydrogens (tertiary/aromatic N) is 2. The summed E-state index contributed by atoms with van der Waals surface area (Å²) in [4.78, 5) is 16.7. The number of pyridine rings is 1. The predicted molar refractivity (Wildman–Crippen MR) is 94.4 cm³/mol. The molecule has 5 nitrogen and oxygen atoms in total. The van der Waals surface area contributed by atoms with Crippen LogP contribution in [0.25, 0.3) is 16.6 Å². The van der Waals surface area contributed by atoms with Crippen LogP contribution < -0.4 is 0 Å². The molecule has 4 rings (SSSR count). The minimum absolute atomic E-state index is 0.162. The van der Waals surface area contributed by atoms with Gasteiger partial charge in [0.25, 0.3) is 0 Å². The molecule has 126 valence electrons. The van der Waals surface area contributed by atoms with Crippen molar-refractivity contribution in [2.45, 2.75) is 26.9 Å². The van der Waals surface area contributed by atoms with Gasteiger partial charge < -0.3 is 13.6 Å². The standard InChI is InChI=1S/C20H18N2O3/c1-13-5-6-17-15(11-24-18(17)8-13)9-19(23)25-12-16-10-22-7-3-4-14(2)20(22)21-16/h3-8,10-11H,9,12H2,1-2H3. The second kappa shape index (κ2) is 6.09. The molecule has 3 heterocycles. The van der Waals surface area contributed by atoms with Crippen molar-refractivity contribution in [3.63, 3.8) is 0 Å². The molecule has 0 atom stereocenters. The highest BCUT2D eigenvalue weighted by atomic mass is 16.5. The SMILES string of the molecule is Cc1ccc2c(CC(=O)OCc3cn4cccc(C)c4n3)coc2c1. The molecule has 0 aliphatic heterocycles. The van der Waals surface area contributed by atoms with Crippen LogP contribution in [0.1, 0.15) is 22.4 Å². The van der Waals surface area contributed by atoms with Crippen LogP contribution in [0.15, 0.2) is 53.4 Å². The summed E-state index contributed by atoms with van der Waals surface area (Å²) in [7, 11) is 0. The van der Waals surface area contributed by atoms with Crippen molar-refractivity contribution in [3.8, 4) is 0 Å². The fourth-order valence-corrected chi connectivity index (χ4v) is 2.96. The highest BCUT2D eigenvalue weighted by molar-refractivity contribution is 5.86. The number of hydrogen-bond donors (Lipinski definition) is 0. The largest absolute Gasteiger partial charge is 0.464 e. The zero-order valence-corrected chi connectivity index (χ0v) is 14.2. The molecule has 0 amide bonds. The maximum absolute atomic E-state index is 12.2. The zero-order valence-electron chi connectivity index (χ0n) is 14.2. The molecular weight excluding hydrogens is 316 g/mol. The molecule has 5 heteroatoms. The van der Waals surface area contributed by atoms with Crippen LogP contribution in [0.4, 0.5) is 0 Å². The van der Waals surface area contributed by atoms with Crippen molar-refractivity contribution < 1.29 is 13.9 Å². The lowest BCUT2D eigenvalue weighted by atomic mass is 10.1. The fraction of sp³-hybridized carbons (Fsp3) is 0.200. The number of aryl methyl sites for hydroxylation is 2. The lowest BCUT2D eigenvalue weighted by Gasteiger charge is -2.02. The van der Waals surface area contributed by atoms with E-state index in [1.165, 1.54) is 0 Å². The van der Waals surface area contributed by atoms with Gasteiger partial charge in [-0.05, 0) is 37.1 Å². The van der Waals surface area contributed by atoms with E-state index in [9.17, 15) is 4.79 Å². The third kappa shape index (κ3) is 3.01. The molecule has 0 spiro atoms. The third-order valence-corrected chi connectivity index (χ3v) is 4.25. The fourth-order valence-electron chi connectivity index (χ4n) is 2.96. The number of imidazole rings is 1. The van der Waals surface area contributed by atoms with Crippen molar-refractivity contribution in [2.75, 3.05) is 0 Å². The molecule has 3 aromatic heterocycles. The summed E-state index contributed by atoms with van der Waals surface area (Å²) < 4.78 is 12.8. The number of carbonyl (C=O) groups is 1. The van der Waals surface area contributed by atoms with E-state index < -0.39 is 0 Å². The van der Waals surface area contributed by atoms with Crippen LogP contribution in [0.5, 0.6) is 0 Å². The van der Waals surface area contributed by atoms with Gasteiger partial charge in [0.05, 0.1) is 18.4 Å². The Balaban J connectivity index is 1.45. The van der Waals surface area contributed by atoms with Gasteiger partial charge in [0.15, 0.2) is 0 Å². The van der Waals surface area contributed by atoms with E-state index in [4.69, 9.17) is 9.15 Å². The highest BCUT2D eigenvalue weighted by Crippen LogP contribution is 2.23.